The summed E-state index contributed by atoms with van der Waals surface area (Å²) in [6.07, 6.45) is 3.12. The van der Waals surface area contributed by atoms with E-state index < -0.39 is 0 Å². The number of rotatable bonds is 6. The predicted octanol–water partition coefficient (Wildman–Crippen LogP) is 3.53. The maximum absolute atomic E-state index is 13.0. The van der Waals surface area contributed by atoms with Gasteiger partial charge in [-0.05, 0) is 37.6 Å². The van der Waals surface area contributed by atoms with E-state index in [1.54, 1.807) is 6.07 Å². The van der Waals surface area contributed by atoms with Crippen molar-refractivity contribution in [1.82, 2.24) is 15.1 Å². The topological polar surface area (TPSA) is 29.9 Å². The van der Waals surface area contributed by atoms with Crippen molar-refractivity contribution in [2.75, 3.05) is 6.54 Å². The molecule has 0 saturated carbocycles. The van der Waals surface area contributed by atoms with Gasteiger partial charge in [-0.2, -0.15) is 5.10 Å². The molecule has 0 saturated heterocycles. The summed E-state index contributed by atoms with van der Waals surface area (Å²) in [5.74, 6) is -0.320. The molecule has 0 spiro atoms. The van der Waals surface area contributed by atoms with Gasteiger partial charge in [0.05, 0.1) is 12.2 Å². The second-order valence-electron chi connectivity index (χ2n) is 4.85. The molecule has 0 bridgehead atoms. The Morgan fingerprint density at radius 2 is 2.15 bits per heavy atom. The summed E-state index contributed by atoms with van der Waals surface area (Å²) in [5, 5.41) is 8.27. The summed E-state index contributed by atoms with van der Waals surface area (Å²) in [6, 6.07) is 4.45. The number of halogens is 2. The van der Waals surface area contributed by atoms with Crippen LogP contribution in [0.1, 0.15) is 30.2 Å². The van der Waals surface area contributed by atoms with Crippen molar-refractivity contribution >= 4 is 11.6 Å². The van der Waals surface area contributed by atoms with Gasteiger partial charge in [-0.1, -0.05) is 24.6 Å². The largest absolute Gasteiger partial charge is 0.313 e. The summed E-state index contributed by atoms with van der Waals surface area (Å²) >= 11 is 6.03. The van der Waals surface area contributed by atoms with Crippen LogP contribution in [0.4, 0.5) is 4.39 Å². The maximum atomic E-state index is 13.0. The quantitative estimate of drug-likeness (QED) is 0.826. The molecule has 0 fully saturated rings. The zero-order chi connectivity index (χ0) is 14.5. The lowest BCUT2D eigenvalue weighted by molar-refractivity contribution is 0.624. The minimum absolute atomic E-state index is 0.320. The summed E-state index contributed by atoms with van der Waals surface area (Å²) < 4.78 is 14.9. The number of nitrogens with one attached hydrogen (secondary N) is 1. The molecule has 1 heterocycles. The monoisotopic (exact) mass is 295 g/mol. The van der Waals surface area contributed by atoms with E-state index in [9.17, 15) is 4.39 Å². The highest BCUT2D eigenvalue weighted by Gasteiger charge is 2.07. The Morgan fingerprint density at radius 1 is 1.35 bits per heavy atom. The second-order valence-corrected chi connectivity index (χ2v) is 5.26. The van der Waals surface area contributed by atoms with Gasteiger partial charge >= 0.3 is 0 Å². The predicted molar refractivity (Wildman–Crippen MR) is 79.5 cm³/mol. The Hall–Kier alpha value is -1.39. The highest BCUT2D eigenvalue weighted by Crippen LogP contribution is 2.18. The molecule has 1 N–H and O–H groups in total. The molecule has 0 aliphatic carbocycles. The van der Waals surface area contributed by atoms with Crippen molar-refractivity contribution in [3.05, 3.63) is 52.1 Å². The van der Waals surface area contributed by atoms with Crippen LogP contribution in [-0.2, 0) is 13.1 Å². The van der Waals surface area contributed by atoms with Crippen LogP contribution in [0.5, 0.6) is 0 Å². The number of hydrogen-bond acceptors (Lipinski definition) is 2. The SMILES string of the molecule is CCCNCc1cn(Cc2ccc(F)cc2Cl)nc1C. The number of hydrogen-bond donors (Lipinski definition) is 1. The molecule has 3 nitrogen and oxygen atoms in total. The minimum atomic E-state index is -0.320. The van der Waals surface area contributed by atoms with Crippen molar-refractivity contribution < 1.29 is 4.39 Å². The van der Waals surface area contributed by atoms with Crippen molar-refractivity contribution in [3.63, 3.8) is 0 Å². The first-order chi connectivity index (χ1) is 9.60. The fourth-order valence-electron chi connectivity index (χ4n) is 2.04. The molecule has 5 heteroatoms. The van der Waals surface area contributed by atoms with Gasteiger partial charge in [0.25, 0.3) is 0 Å². The van der Waals surface area contributed by atoms with Crippen LogP contribution in [0.2, 0.25) is 5.02 Å². The summed E-state index contributed by atoms with van der Waals surface area (Å²) in [7, 11) is 0. The van der Waals surface area contributed by atoms with Crippen LogP contribution < -0.4 is 5.32 Å². The lowest BCUT2D eigenvalue weighted by atomic mass is 10.2. The zero-order valence-electron chi connectivity index (χ0n) is 11.8. The van der Waals surface area contributed by atoms with E-state index in [2.05, 4.69) is 17.3 Å². The van der Waals surface area contributed by atoms with Crippen molar-refractivity contribution in [2.24, 2.45) is 0 Å². The van der Waals surface area contributed by atoms with E-state index in [0.717, 1.165) is 30.8 Å². The lowest BCUT2D eigenvalue weighted by Crippen LogP contribution is -2.13. The first kappa shape index (κ1) is 15.0. The molecule has 108 valence electrons. The van der Waals surface area contributed by atoms with Gasteiger partial charge < -0.3 is 5.32 Å². The van der Waals surface area contributed by atoms with Gasteiger partial charge in [-0.15, -0.1) is 0 Å². The minimum Gasteiger partial charge on any atom is -0.313 e. The average molecular weight is 296 g/mol. The number of nitrogens with zero attached hydrogens (tertiary/aromatic N) is 2. The molecule has 1 aromatic heterocycles. The van der Waals surface area contributed by atoms with Crippen LogP contribution in [0, 0.1) is 12.7 Å². The van der Waals surface area contributed by atoms with E-state index in [0.29, 0.717) is 11.6 Å². The summed E-state index contributed by atoms with van der Waals surface area (Å²) in [6.45, 7) is 6.49. The third kappa shape index (κ3) is 3.81. The molecule has 0 aliphatic rings. The first-order valence-corrected chi connectivity index (χ1v) is 7.15. The smallest absolute Gasteiger partial charge is 0.124 e. The van der Waals surface area contributed by atoms with Gasteiger partial charge in [0.2, 0.25) is 0 Å². The molecule has 2 aromatic rings. The van der Waals surface area contributed by atoms with Crippen molar-refractivity contribution in [3.8, 4) is 0 Å². The van der Waals surface area contributed by atoms with E-state index in [4.69, 9.17) is 11.6 Å². The van der Waals surface area contributed by atoms with Gasteiger partial charge in [0.15, 0.2) is 0 Å². The standard InChI is InChI=1S/C15H19ClFN3/c1-3-6-18-8-13-10-20(19-11(13)2)9-12-4-5-14(17)7-15(12)16/h4-5,7,10,18H,3,6,8-9H2,1-2H3. The summed E-state index contributed by atoms with van der Waals surface area (Å²) in [4.78, 5) is 0. The highest BCUT2D eigenvalue weighted by molar-refractivity contribution is 6.31. The van der Waals surface area contributed by atoms with Gasteiger partial charge in [-0.25, -0.2) is 4.39 Å². The van der Waals surface area contributed by atoms with E-state index in [-0.39, 0.29) is 5.82 Å². The van der Waals surface area contributed by atoms with Crippen LogP contribution in [0.15, 0.2) is 24.4 Å². The average Bonchev–Trinajstić information content (AvgIpc) is 2.74. The second kappa shape index (κ2) is 6.86. The molecular weight excluding hydrogens is 277 g/mol. The Bertz CT molecular complexity index is 580. The van der Waals surface area contributed by atoms with E-state index in [1.807, 2.05) is 17.8 Å². The maximum Gasteiger partial charge on any atom is 0.124 e. The molecule has 1 aromatic carbocycles. The molecule has 0 atom stereocenters. The van der Waals surface area contributed by atoms with Crippen LogP contribution >= 0.6 is 11.6 Å². The molecule has 0 radical (unpaired) electrons. The highest BCUT2D eigenvalue weighted by atomic mass is 35.5. The molecule has 2 rings (SSSR count). The fourth-order valence-corrected chi connectivity index (χ4v) is 2.26. The first-order valence-electron chi connectivity index (χ1n) is 6.77. The number of aryl methyl sites for hydroxylation is 1. The van der Waals surface area contributed by atoms with Gasteiger partial charge in [0, 0.05) is 23.3 Å². The third-order valence-corrected chi connectivity index (χ3v) is 3.49. The van der Waals surface area contributed by atoms with Crippen molar-refractivity contribution in [1.29, 1.82) is 0 Å². The molecule has 0 amide bonds. The Balaban J connectivity index is 2.08. The molecule has 0 aliphatic heterocycles. The van der Waals surface area contributed by atoms with E-state index >= 15 is 0 Å². The molecule has 20 heavy (non-hydrogen) atoms. The summed E-state index contributed by atoms with van der Waals surface area (Å²) in [5.41, 5.74) is 3.05. The van der Waals surface area contributed by atoms with Crippen LogP contribution in [0.3, 0.4) is 0 Å². The molecule has 0 unspecified atom stereocenters. The van der Waals surface area contributed by atoms with Gasteiger partial charge in [0.1, 0.15) is 5.82 Å². The number of benzene rings is 1. The third-order valence-electron chi connectivity index (χ3n) is 3.14. The molecular formula is C15H19ClFN3. The van der Waals surface area contributed by atoms with Crippen LogP contribution in [0.25, 0.3) is 0 Å². The van der Waals surface area contributed by atoms with Gasteiger partial charge in [-0.3, -0.25) is 4.68 Å². The Morgan fingerprint density at radius 3 is 2.85 bits per heavy atom. The Kier molecular flexibility index (Phi) is 5.15. The van der Waals surface area contributed by atoms with Crippen LogP contribution in [-0.4, -0.2) is 16.3 Å². The van der Waals surface area contributed by atoms with Crippen molar-refractivity contribution in [2.45, 2.75) is 33.4 Å². The lowest BCUT2D eigenvalue weighted by Gasteiger charge is -2.04. The normalized spacial score (nSPS) is 11.0. The fraction of sp³-hybridized carbons (Fsp3) is 0.400. The Labute approximate surface area is 123 Å². The van der Waals surface area contributed by atoms with E-state index in [1.165, 1.54) is 17.7 Å². The number of aromatic nitrogens is 2. The zero-order valence-corrected chi connectivity index (χ0v) is 12.5.